The zero-order valence-electron chi connectivity index (χ0n) is 21.4. The summed E-state index contributed by atoms with van der Waals surface area (Å²) in [5.74, 6) is -1.00. The summed E-state index contributed by atoms with van der Waals surface area (Å²) in [6, 6.07) is 12.0. The maximum absolute atomic E-state index is 13.4. The first kappa shape index (κ1) is 26.7. The molecule has 1 aromatic heterocycles. The highest BCUT2D eigenvalue weighted by Gasteiger charge is 2.28. The molecule has 38 heavy (non-hydrogen) atoms. The van der Waals surface area contributed by atoms with Crippen molar-refractivity contribution in [1.29, 1.82) is 0 Å². The largest absolute Gasteiger partial charge is 0.340 e. The summed E-state index contributed by atoms with van der Waals surface area (Å²) < 4.78 is 13.4. The number of carbonyl (C=O) groups is 3. The minimum absolute atomic E-state index is 0.0314. The van der Waals surface area contributed by atoms with Crippen LogP contribution in [-0.4, -0.2) is 61.4 Å². The molecule has 3 N–H and O–H groups in total. The number of H-pyrrole nitrogens is 1. The Kier molecular flexibility index (Phi) is 8.62. The number of benzene rings is 2. The first-order valence-corrected chi connectivity index (χ1v) is 12.7. The van der Waals surface area contributed by atoms with Gasteiger partial charge in [0.05, 0.1) is 6.54 Å². The number of fused-ring (bicyclic) bond motifs is 1. The number of tetrazole rings is 1. The molecule has 3 heterocycles. The Morgan fingerprint density at radius 2 is 1.71 bits per heavy atom. The molecule has 0 radical (unpaired) electrons. The average Bonchev–Trinajstić information content (AvgIpc) is 3.63. The molecule has 0 bridgehead atoms. The summed E-state index contributed by atoms with van der Waals surface area (Å²) in [6.45, 7) is 5.82. The van der Waals surface area contributed by atoms with Crippen LogP contribution >= 0.6 is 0 Å². The fourth-order valence-corrected chi connectivity index (χ4v) is 4.60. The number of hydrogen-bond acceptors (Lipinski definition) is 6. The molecule has 2 aromatic carbocycles. The summed E-state index contributed by atoms with van der Waals surface area (Å²) in [6.07, 6.45) is 1.47. The van der Waals surface area contributed by atoms with Crippen molar-refractivity contribution in [2.45, 2.75) is 52.2 Å². The van der Waals surface area contributed by atoms with Gasteiger partial charge in [-0.25, -0.2) is 9.18 Å². The monoisotopic (exact) mass is 522 g/mol. The molecule has 200 valence electrons. The first-order valence-electron chi connectivity index (χ1n) is 12.7. The quantitative estimate of drug-likeness (QED) is 0.451. The third-order valence-corrected chi connectivity index (χ3v) is 6.58. The standard InChI is InChI=1S/C24H25FN8O3.C2H6/c25-19-4-1-17-13-33(14-18(17)11-19)24(36)27-20-5-2-15(3-6-20)16-7-9-32(10-8-16)23(35)22(34)26-12-21-28-30-31-29-21;1-2/h1-6,11,16H,7-10,12-14H2,(H,26,34)(H,27,36)(H,28,29,30,31);1-2H3. The molecule has 3 aromatic rings. The smallest absolute Gasteiger partial charge is 0.322 e. The lowest BCUT2D eigenvalue weighted by atomic mass is 9.89. The SMILES string of the molecule is CC.O=C(NCc1nn[nH]n1)C(=O)N1CCC(c2ccc(NC(=O)N3Cc4ccc(F)cc4C3)cc2)CC1. The number of piperidine rings is 1. The third-order valence-electron chi connectivity index (χ3n) is 6.58. The summed E-state index contributed by atoms with van der Waals surface area (Å²) in [5, 5.41) is 18.6. The molecule has 0 spiro atoms. The number of amides is 4. The van der Waals surface area contributed by atoms with Crippen LogP contribution in [0, 0.1) is 5.82 Å². The molecule has 0 aliphatic carbocycles. The summed E-state index contributed by atoms with van der Waals surface area (Å²) in [5.41, 5.74) is 3.58. The molecule has 11 nitrogen and oxygen atoms in total. The Morgan fingerprint density at radius 3 is 2.39 bits per heavy atom. The van der Waals surface area contributed by atoms with E-state index in [-0.39, 0.29) is 24.3 Å². The van der Waals surface area contributed by atoms with E-state index in [4.69, 9.17) is 0 Å². The van der Waals surface area contributed by atoms with Crippen molar-refractivity contribution in [1.82, 2.24) is 35.7 Å². The van der Waals surface area contributed by atoms with Crippen molar-refractivity contribution in [3.8, 4) is 0 Å². The van der Waals surface area contributed by atoms with Gasteiger partial charge < -0.3 is 20.4 Å². The fraction of sp³-hybridized carbons (Fsp3) is 0.385. The lowest BCUT2D eigenvalue weighted by Gasteiger charge is -2.31. The second-order valence-corrected chi connectivity index (χ2v) is 8.90. The molecule has 0 unspecified atom stereocenters. The molecular weight excluding hydrogens is 491 g/mol. The molecular formula is C26H31FN8O3. The third kappa shape index (κ3) is 6.31. The van der Waals surface area contributed by atoms with E-state index in [1.807, 2.05) is 38.1 Å². The molecule has 4 amide bonds. The minimum Gasteiger partial charge on any atom is -0.340 e. The first-order chi connectivity index (χ1) is 18.5. The average molecular weight is 523 g/mol. The second kappa shape index (κ2) is 12.3. The van der Waals surface area contributed by atoms with Gasteiger partial charge in [0.15, 0.2) is 5.82 Å². The number of nitrogens with zero attached hydrogens (tertiary/aromatic N) is 5. The molecule has 2 aliphatic rings. The lowest BCUT2D eigenvalue weighted by Crippen LogP contribution is -2.46. The normalized spacial score (nSPS) is 14.8. The van der Waals surface area contributed by atoms with Crippen LogP contribution in [0.1, 0.15) is 55.1 Å². The number of rotatable bonds is 4. The molecule has 2 aliphatic heterocycles. The number of urea groups is 1. The summed E-state index contributed by atoms with van der Waals surface area (Å²) in [4.78, 5) is 40.4. The van der Waals surface area contributed by atoms with Crippen LogP contribution in [0.15, 0.2) is 42.5 Å². The van der Waals surface area contributed by atoms with Gasteiger partial charge in [-0.05, 0) is 59.7 Å². The van der Waals surface area contributed by atoms with E-state index in [1.165, 1.54) is 12.1 Å². The van der Waals surface area contributed by atoms with E-state index in [0.717, 1.165) is 29.5 Å². The Labute approximate surface area is 219 Å². The van der Waals surface area contributed by atoms with Gasteiger partial charge in [0.1, 0.15) is 5.82 Å². The number of hydrogen-bond donors (Lipinski definition) is 3. The van der Waals surface area contributed by atoms with Crippen LogP contribution in [-0.2, 0) is 29.2 Å². The van der Waals surface area contributed by atoms with E-state index < -0.39 is 11.8 Å². The highest BCUT2D eigenvalue weighted by molar-refractivity contribution is 6.34. The van der Waals surface area contributed by atoms with Crippen LogP contribution in [0.3, 0.4) is 0 Å². The Hall–Kier alpha value is -4.35. The number of carbonyl (C=O) groups excluding carboxylic acids is 3. The summed E-state index contributed by atoms with van der Waals surface area (Å²) in [7, 11) is 0. The molecule has 0 saturated carbocycles. The Balaban J connectivity index is 0.00000164. The van der Waals surface area contributed by atoms with Gasteiger partial charge in [-0.3, -0.25) is 9.59 Å². The van der Waals surface area contributed by atoms with Gasteiger partial charge in [-0.15, -0.1) is 10.2 Å². The van der Waals surface area contributed by atoms with Crippen LogP contribution in [0.5, 0.6) is 0 Å². The fourth-order valence-electron chi connectivity index (χ4n) is 4.60. The van der Waals surface area contributed by atoms with E-state index in [2.05, 4.69) is 31.3 Å². The van der Waals surface area contributed by atoms with Crippen molar-refractivity contribution in [3.05, 3.63) is 70.8 Å². The number of aromatic amines is 1. The number of likely N-dealkylation sites (tertiary alicyclic amines) is 1. The molecule has 1 fully saturated rings. The minimum atomic E-state index is -0.690. The number of halogens is 1. The summed E-state index contributed by atoms with van der Waals surface area (Å²) >= 11 is 0. The van der Waals surface area contributed by atoms with E-state index in [9.17, 15) is 18.8 Å². The van der Waals surface area contributed by atoms with Crippen LogP contribution < -0.4 is 10.6 Å². The molecule has 1 saturated heterocycles. The van der Waals surface area contributed by atoms with Crippen molar-refractivity contribution in [3.63, 3.8) is 0 Å². The predicted molar refractivity (Wildman–Crippen MR) is 137 cm³/mol. The molecule has 5 rings (SSSR count). The van der Waals surface area contributed by atoms with Gasteiger partial charge in [0.2, 0.25) is 0 Å². The van der Waals surface area contributed by atoms with Gasteiger partial charge in [-0.1, -0.05) is 37.3 Å². The number of aromatic nitrogens is 4. The van der Waals surface area contributed by atoms with E-state index in [1.54, 1.807) is 15.9 Å². The maximum atomic E-state index is 13.4. The molecule has 12 heteroatoms. The number of nitrogens with one attached hydrogen (secondary N) is 3. The highest BCUT2D eigenvalue weighted by atomic mass is 19.1. The van der Waals surface area contributed by atoms with Crippen LogP contribution in [0.4, 0.5) is 14.9 Å². The van der Waals surface area contributed by atoms with Gasteiger partial charge in [0, 0.05) is 31.9 Å². The van der Waals surface area contributed by atoms with Crippen molar-refractivity contribution in [2.24, 2.45) is 0 Å². The zero-order valence-corrected chi connectivity index (χ0v) is 21.4. The van der Waals surface area contributed by atoms with Crippen molar-refractivity contribution >= 4 is 23.5 Å². The van der Waals surface area contributed by atoms with E-state index in [0.29, 0.717) is 37.7 Å². The zero-order chi connectivity index (χ0) is 27.1. The predicted octanol–water partition coefficient (Wildman–Crippen LogP) is 2.94. The van der Waals surface area contributed by atoms with Gasteiger partial charge in [-0.2, -0.15) is 5.21 Å². The van der Waals surface area contributed by atoms with E-state index >= 15 is 0 Å². The topological polar surface area (TPSA) is 136 Å². The van der Waals surface area contributed by atoms with Crippen LogP contribution in [0.25, 0.3) is 0 Å². The molecule has 0 atom stereocenters. The Morgan fingerprint density at radius 1 is 1.00 bits per heavy atom. The number of anilines is 1. The second-order valence-electron chi connectivity index (χ2n) is 8.90. The van der Waals surface area contributed by atoms with Gasteiger partial charge in [0.25, 0.3) is 0 Å². The maximum Gasteiger partial charge on any atom is 0.322 e. The van der Waals surface area contributed by atoms with Crippen molar-refractivity contribution < 1.29 is 18.8 Å². The lowest BCUT2D eigenvalue weighted by molar-refractivity contribution is -0.146. The van der Waals surface area contributed by atoms with Crippen molar-refractivity contribution in [2.75, 3.05) is 18.4 Å². The highest BCUT2D eigenvalue weighted by Crippen LogP contribution is 2.29. The van der Waals surface area contributed by atoms with Gasteiger partial charge >= 0.3 is 17.8 Å². The Bertz CT molecular complexity index is 1260. The van der Waals surface area contributed by atoms with Crippen LogP contribution in [0.2, 0.25) is 0 Å².